The maximum absolute atomic E-state index is 5.92. The van der Waals surface area contributed by atoms with Gasteiger partial charge in [-0.15, -0.1) is 0 Å². The molecule has 0 spiro atoms. The molecule has 1 aliphatic heterocycles. The Labute approximate surface area is 101 Å². The summed E-state index contributed by atoms with van der Waals surface area (Å²) in [4.78, 5) is 2.54. The first-order chi connectivity index (χ1) is 7.44. The van der Waals surface area contributed by atoms with E-state index in [0.717, 1.165) is 26.2 Å². The molecule has 0 aromatic rings. The molecule has 2 unspecified atom stereocenters. The average Bonchev–Trinajstić information content (AvgIpc) is 2.14. The fourth-order valence-corrected chi connectivity index (χ4v) is 2.46. The van der Waals surface area contributed by atoms with Crippen LogP contribution in [-0.2, 0) is 4.74 Å². The van der Waals surface area contributed by atoms with Gasteiger partial charge in [-0.3, -0.25) is 4.90 Å². The molecule has 0 radical (unpaired) electrons. The van der Waals surface area contributed by atoms with E-state index in [1.165, 1.54) is 6.42 Å². The summed E-state index contributed by atoms with van der Waals surface area (Å²) < 4.78 is 5.92. The first kappa shape index (κ1) is 13.9. The Morgan fingerprint density at radius 1 is 1.50 bits per heavy atom. The van der Waals surface area contributed by atoms with Gasteiger partial charge in [0.1, 0.15) is 0 Å². The fourth-order valence-electron chi connectivity index (χ4n) is 2.46. The maximum Gasteiger partial charge on any atom is 0.0757 e. The Morgan fingerprint density at radius 2 is 2.19 bits per heavy atom. The van der Waals surface area contributed by atoms with Crippen molar-refractivity contribution in [2.24, 2.45) is 0 Å². The Bertz CT molecular complexity index is 206. The number of hydrogen-bond donors (Lipinski definition) is 1. The van der Waals surface area contributed by atoms with Crippen LogP contribution in [0.4, 0.5) is 0 Å². The lowest BCUT2D eigenvalue weighted by atomic mass is 10.0. The fraction of sp³-hybridized carbons (Fsp3) is 1.00. The molecule has 1 aliphatic rings. The quantitative estimate of drug-likeness (QED) is 0.727. The minimum absolute atomic E-state index is 0.00329. The van der Waals surface area contributed by atoms with E-state index in [2.05, 4.69) is 44.8 Å². The Balaban J connectivity index is 2.39. The molecule has 1 fully saturated rings. The van der Waals surface area contributed by atoms with Crippen molar-refractivity contribution in [2.45, 2.75) is 58.8 Å². The Kier molecular flexibility index (Phi) is 5.22. The van der Waals surface area contributed by atoms with Crippen LogP contribution in [-0.4, -0.2) is 48.8 Å². The van der Waals surface area contributed by atoms with E-state index >= 15 is 0 Å². The first-order valence-corrected chi connectivity index (χ1v) is 6.57. The summed E-state index contributed by atoms with van der Waals surface area (Å²) >= 11 is 0. The van der Waals surface area contributed by atoms with Gasteiger partial charge in [-0.2, -0.15) is 0 Å². The van der Waals surface area contributed by atoms with Gasteiger partial charge in [-0.05, 0) is 40.7 Å². The lowest BCUT2D eigenvalue weighted by molar-refractivity contribution is -0.136. The minimum Gasteiger partial charge on any atom is -0.370 e. The standard InChI is InChI=1S/C13H28N2O/c1-6-7-14-8-11(2)15-9-12(3)16-13(4,5)10-15/h11-12,14H,6-10H2,1-5H3. The molecule has 0 aromatic carbocycles. The van der Waals surface area contributed by atoms with Crippen molar-refractivity contribution in [3.63, 3.8) is 0 Å². The number of hydrogen-bond acceptors (Lipinski definition) is 3. The summed E-state index contributed by atoms with van der Waals surface area (Å²) in [7, 11) is 0. The van der Waals surface area contributed by atoms with Gasteiger partial charge in [0.05, 0.1) is 11.7 Å². The number of nitrogens with zero attached hydrogens (tertiary/aromatic N) is 1. The molecule has 1 saturated heterocycles. The predicted octanol–water partition coefficient (Wildman–Crippen LogP) is 1.87. The van der Waals surface area contributed by atoms with Crippen LogP contribution in [0.15, 0.2) is 0 Å². The Hall–Kier alpha value is -0.120. The molecular formula is C13H28N2O. The first-order valence-electron chi connectivity index (χ1n) is 6.57. The van der Waals surface area contributed by atoms with Crippen molar-refractivity contribution in [1.29, 1.82) is 0 Å². The molecule has 16 heavy (non-hydrogen) atoms. The minimum atomic E-state index is -0.00329. The highest BCUT2D eigenvalue weighted by atomic mass is 16.5. The molecule has 0 aliphatic carbocycles. The van der Waals surface area contributed by atoms with Crippen molar-refractivity contribution >= 4 is 0 Å². The second-order valence-corrected chi connectivity index (χ2v) is 5.67. The van der Waals surface area contributed by atoms with Crippen LogP contribution in [0.1, 0.15) is 41.0 Å². The predicted molar refractivity (Wildman–Crippen MR) is 68.8 cm³/mol. The van der Waals surface area contributed by atoms with Crippen molar-refractivity contribution in [2.75, 3.05) is 26.2 Å². The number of morpholine rings is 1. The van der Waals surface area contributed by atoms with Gasteiger partial charge in [-0.1, -0.05) is 6.92 Å². The molecule has 0 aromatic heterocycles. The monoisotopic (exact) mass is 228 g/mol. The second-order valence-electron chi connectivity index (χ2n) is 5.67. The van der Waals surface area contributed by atoms with E-state index in [0.29, 0.717) is 12.1 Å². The molecular weight excluding hydrogens is 200 g/mol. The van der Waals surface area contributed by atoms with E-state index in [4.69, 9.17) is 4.74 Å². The summed E-state index contributed by atoms with van der Waals surface area (Å²) in [5, 5.41) is 3.49. The van der Waals surface area contributed by atoms with E-state index in [1.54, 1.807) is 0 Å². The van der Waals surface area contributed by atoms with E-state index in [1.807, 2.05) is 0 Å². The summed E-state index contributed by atoms with van der Waals surface area (Å²) in [6, 6.07) is 0.595. The van der Waals surface area contributed by atoms with E-state index in [9.17, 15) is 0 Å². The molecule has 3 nitrogen and oxygen atoms in total. The van der Waals surface area contributed by atoms with Crippen LogP contribution in [0.3, 0.4) is 0 Å². The number of nitrogens with one attached hydrogen (secondary N) is 1. The van der Waals surface area contributed by atoms with Crippen molar-refractivity contribution in [3.05, 3.63) is 0 Å². The highest BCUT2D eigenvalue weighted by molar-refractivity contribution is 4.85. The summed E-state index contributed by atoms with van der Waals surface area (Å²) in [5.41, 5.74) is -0.00329. The zero-order valence-corrected chi connectivity index (χ0v) is 11.5. The van der Waals surface area contributed by atoms with Gasteiger partial charge in [0.25, 0.3) is 0 Å². The molecule has 1 heterocycles. The van der Waals surface area contributed by atoms with Gasteiger partial charge in [0, 0.05) is 25.7 Å². The Morgan fingerprint density at radius 3 is 2.75 bits per heavy atom. The summed E-state index contributed by atoms with van der Waals surface area (Å²) in [6.45, 7) is 15.3. The molecule has 1 N–H and O–H groups in total. The smallest absolute Gasteiger partial charge is 0.0757 e. The van der Waals surface area contributed by atoms with Crippen molar-refractivity contribution in [3.8, 4) is 0 Å². The van der Waals surface area contributed by atoms with E-state index in [-0.39, 0.29) is 5.60 Å². The number of rotatable bonds is 5. The van der Waals surface area contributed by atoms with Gasteiger partial charge in [-0.25, -0.2) is 0 Å². The van der Waals surface area contributed by atoms with Gasteiger partial charge < -0.3 is 10.1 Å². The summed E-state index contributed by atoms with van der Waals surface area (Å²) in [5.74, 6) is 0. The van der Waals surface area contributed by atoms with Crippen LogP contribution >= 0.6 is 0 Å². The highest BCUT2D eigenvalue weighted by Crippen LogP contribution is 2.22. The van der Waals surface area contributed by atoms with Crippen LogP contribution in [0, 0.1) is 0 Å². The molecule has 96 valence electrons. The summed E-state index contributed by atoms with van der Waals surface area (Å²) in [6.07, 6.45) is 1.55. The van der Waals surface area contributed by atoms with Crippen molar-refractivity contribution in [1.82, 2.24) is 10.2 Å². The van der Waals surface area contributed by atoms with Gasteiger partial charge in [0.15, 0.2) is 0 Å². The normalized spacial score (nSPS) is 27.9. The lowest BCUT2D eigenvalue weighted by Crippen LogP contribution is -2.56. The maximum atomic E-state index is 5.92. The lowest BCUT2D eigenvalue weighted by Gasteiger charge is -2.44. The van der Waals surface area contributed by atoms with Gasteiger partial charge in [0.2, 0.25) is 0 Å². The largest absolute Gasteiger partial charge is 0.370 e. The SMILES string of the molecule is CCCNCC(C)N1CC(C)OC(C)(C)C1. The van der Waals surface area contributed by atoms with Crippen LogP contribution in [0.25, 0.3) is 0 Å². The zero-order valence-electron chi connectivity index (χ0n) is 11.5. The zero-order chi connectivity index (χ0) is 12.2. The molecule has 0 amide bonds. The van der Waals surface area contributed by atoms with Crippen molar-refractivity contribution < 1.29 is 4.74 Å². The highest BCUT2D eigenvalue weighted by Gasteiger charge is 2.33. The second kappa shape index (κ2) is 5.99. The van der Waals surface area contributed by atoms with Crippen LogP contribution in [0.2, 0.25) is 0 Å². The third-order valence-corrected chi connectivity index (χ3v) is 3.09. The molecule has 0 saturated carbocycles. The van der Waals surface area contributed by atoms with Crippen LogP contribution < -0.4 is 5.32 Å². The van der Waals surface area contributed by atoms with E-state index < -0.39 is 0 Å². The topological polar surface area (TPSA) is 24.5 Å². The molecule has 0 bridgehead atoms. The molecule has 1 rings (SSSR count). The van der Waals surface area contributed by atoms with Gasteiger partial charge >= 0.3 is 0 Å². The number of ether oxygens (including phenoxy) is 1. The molecule has 2 atom stereocenters. The third-order valence-electron chi connectivity index (χ3n) is 3.09. The third kappa shape index (κ3) is 4.40. The molecule has 3 heteroatoms. The van der Waals surface area contributed by atoms with Crippen LogP contribution in [0.5, 0.6) is 0 Å². The average molecular weight is 228 g/mol.